The Labute approximate surface area is 77.9 Å². The van der Waals surface area contributed by atoms with Gasteiger partial charge in [-0.2, -0.15) is 0 Å². The van der Waals surface area contributed by atoms with E-state index in [0.29, 0.717) is 5.88 Å². The van der Waals surface area contributed by atoms with E-state index >= 15 is 0 Å². The summed E-state index contributed by atoms with van der Waals surface area (Å²) in [4.78, 5) is 0. The van der Waals surface area contributed by atoms with Crippen molar-refractivity contribution in [3.63, 3.8) is 0 Å². The van der Waals surface area contributed by atoms with E-state index in [1.165, 1.54) is 0 Å². The summed E-state index contributed by atoms with van der Waals surface area (Å²) in [6.07, 6.45) is 7.14. The van der Waals surface area contributed by atoms with E-state index in [1.807, 2.05) is 36.4 Å². The van der Waals surface area contributed by atoms with Crippen molar-refractivity contribution in [1.29, 1.82) is 0 Å². The number of hydrogen-bond acceptors (Lipinski definition) is 0. The van der Waals surface area contributed by atoms with Crippen LogP contribution >= 0.6 is 11.6 Å². The first kappa shape index (κ1) is 8.90. The number of rotatable bonds is 2. The summed E-state index contributed by atoms with van der Waals surface area (Å²) in [6, 6.07) is 9.80. The third-order valence-corrected chi connectivity index (χ3v) is 1.68. The molecule has 1 aromatic rings. The van der Waals surface area contributed by atoms with Gasteiger partial charge in [0, 0.05) is 11.5 Å². The monoisotopic (exact) mass is 176 g/mol. The van der Waals surface area contributed by atoms with E-state index < -0.39 is 0 Å². The third kappa shape index (κ3) is 2.15. The van der Waals surface area contributed by atoms with Crippen LogP contribution in [0.5, 0.6) is 0 Å². The second kappa shape index (κ2) is 4.64. The first-order chi connectivity index (χ1) is 5.88. The number of benzene rings is 1. The van der Waals surface area contributed by atoms with Crippen LogP contribution in [0.2, 0.25) is 0 Å². The molecule has 0 aliphatic heterocycles. The number of terminal acetylenes is 1. The minimum Gasteiger partial charge on any atom is -0.122 e. The Morgan fingerprint density at radius 1 is 1.42 bits per heavy atom. The van der Waals surface area contributed by atoms with Crippen LogP contribution in [0.3, 0.4) is 0 Å². The summed E-state index contributed by atoms with van der Waals surface area (Å²) in [5, 5.41) is 0. The first-order valence-electron chi connectivity index (χ1n) is 3.66. The number of alkyl halides is 1. The Kier molecular flexibility index (Phi) is 3.44. The van der Waals surface area contributed by atoms with Crippen molar-refractivity contribution >= 4 is 17.2 Å². The molecule has 0 fully saturated rings. The van der Waals surface area contributed by atoms with E-state index in [1.54, 1.807) is 0 Å². The number of hydrogen-bond donors (Lipinski definition) is 0. The molecule has 0 aromatic heterocycles. The molecule has 0 aliphatic rings. The van der Waals surface area contributed by atoms with Crippen molar-refractivity contribution in [2.45, 2.75) is 0 Å². The number of halogens is 1. The Balaban J connectivity index is 2.98. The van der Waals surface area contributed by atoms with Crippen molar-refractivity contribution < 1.29 is 0 Å². The third-order valence-electron chi connectivity index (χ3n) is 1.52. The van der Waals surface area contributed by atoms with Gasteiger partial charge in [-0.25, -0.2) is 0 Å². The first-order valence-corrected chi connectivity index (χ1v) is 4.20. The second-order valence-electron chi connectivity index (χ2n) is 2.28. The molecule has 0 unspecified atom stereocenters. The highest BCUT2D eigenvalue weighted by Gasteiger charge is 1.94. The van der Waals surface area contributed by atoms with Gasteiger partial charge in [-0.1, -0.05) is 42.3 Å². The average molecular weight is 177 g/mol. The minimum absolute atomic E-state index is 0.453. The second-order valence-corrected chi connectivity index (χ2v) is 2.59. The molecule has 0 saturated carbocycles. The lowest BCUT2D eigenvalue weighted by Crippen LogP contribution is -1.80. The number of allylic oxidation sites excluding steroid dienone is 2. The minimum atomic E-state index is 0.453. The van der Waals surface area contributed by atoms with E-state index in [-0.39, 0.29) is 0 Å². The molecule has 1 rings (SSSR count). The molecule has 0 radical (unpaired) electrons. The van der Waals surface area contributed by atoms with Gasteiger partial charge in [-0.3, -0.25) is 0 Å². The highest BCUT2D eigenvalue weighted by atomic mass is 35.5. The van der Waals surface area contributed by atoms with Gasteiger partial charge in [-0.05, 0) is 5.56 Å². The van der Waals surface area contributed by atoms with Crippen molar-refractivity contribution in [3.8, 4) is 12.3 Å². The largest absolute Gasteiger partial charge is 0.122 e. The van der Waals surface area contributed by atoms with Gasteiger partial charge in [0.05, 0.1) is 0 Å². The van der Waals surface area contributed by atoms with Crippen LogP contribution in [0, 0.1) is 12.3 Å². The fourth-order valence-electron chi connectivity index (χ4n) is 0.955. The summed E-state index contributed by atoms with van der Waals surface area (Å²) in [6.45, 7) is 0. The van der Waals surface area contributed by atoms with Gasteiger partial charge in [-0.15, -0.1) is 18.0 Å². The van der Waals surface area contributed by atoms with E-state index in [2.05, 4.69) is 5.92 Å². The van der Waals surface area contributed by atoms with Gasteiger partial charge in [0.2, 0.25) is 0 Å². The molecule has 60 valence electrons. The van der Waals surface area contributed by atoms with E-state index in [0.717, 1.165) is 11.1 Å². The van der Waals surface area contributed by atoms with Gasteiger partial charge in [0.1, 0.15) is 0 Å². The van der Waals surface area contributed by atoms with Crippen LogP contribution in [0.25, 0.3) is 5.57 Å². The SMILES string of the molecule is C#C/C(=C/CCl)c1ccccc1. The molecular formula is C11H9Cl. The topological polar surface area (TPSA) is 0 Å². The van der Waals surface area contributed by atoms with Crippen molar-refractivity contribution in [3.05, 3.63) is 42.0 Å². The zero-order valence-electron chi connectivity index (χ0n) is 6.63. The lowest BCUT2D eigenvalue weighted by Gasteiger charge is -1.97. The Morgan fingerprint density at radius 3 is 2.58 bits per heavy atom. The van der Waals surface area contributed by atoms with E-state index in [9.17, 15) is 0 Å². The summed E-state index contributed by atoms with van der Waals surface area (Å²) >= 11 is 5.55. The Morgan fingerprint density at radius 2 is 2.08 bits per heavy atom. The molecule has 1 heteroatoms. The van der Waals surface area contributed by atoms with Crippen LogP contribution < -0.4 is 0 Å². The molecular weight excluding hydrogens is 168 g/mol. The zero-order chi connectivity index (χ0) is 8.81. The molecule has 0 atom stereocenters. The van der Waals surface area contributed by atoms with Gasteiger partial charge in [0.25, 0.3) is 0 Å². The average Bonchev–Trinajstić information content (AvgIpc) is 2.15. The van der Waals surface area contributed by atoms with Crippen molar-refractivity contribution in [2.24, 2.45) is 0 Å². The molecule has 0 heterocycles. The molecule has 0 nitrogen and oxygen atoms in total. The highest BCUT2D eigenvalue weighted by Crippen LogP contribution is 2.12. The Hall–Kier alpha value is -1.19. The van der Waals surface area contributed by atoms with Crippen molar-refractivity contribution in [1.82, 2.24) is 0 Å². The van der Waals surface area contributed by atoms with Gasteiger partial charge < -0.3 is 0 Å². The molecule has 0 amide bonds. The van der Waals surface area contributed by atoms with Crippen LogP contribution in [0.4, 0.5) is 0 Å². The van der Waals surface area contributed by atoms with Crippen LogP contribution in [-0.4, -0.2) is 5.88 Å². The smallest absolute Gasteiger partial charge is 0.0419 e. The summed E-state index contributed by atoms with van der Waals surface area (Å²) < 4.78 is 0. The fourth-order valence-corrected chi connectivity index (χ4v) is 1.11. The zero-order valence-corrected chi connectivity index (χ0v) is 7.38. The predicted octanol–water partition coefficient (Wildman–Crippen LogP) is 2.94. The van der Waals surface area contributed by atoms with Crippen molar-refractivity contribution in [2.75, 3.05) is 5.88 Å². The summed E-state index contributed by atoms with van der Waals surface area (Å²) in [5.41, 5.74) is 1.89. The van der Waals surface area contributed by atoms with Gasteiger partial charge in [0.15, 0.2) is 0 Å². The molecule has 1 aromatic carbocycles. The standard InChI is InChI=1S/C11H9Cl/c1-2-10(8-9-12)11-6-4-3-5-7-11/h1,3-8H,9H2/b10-8-. The molecule has 0 spiro atoms. The predicted molar refractivity (Wildman–Crippen MR) is 54.0 cm³/mol. The van der Waals surface area contributed by atoms with Crippen LogP contribution in [-0.2, 0) is 0 Å². The highest BCUT2D eigenvalue weighted by molar-refractivity contribution is 6.19. The quantitative estimate of drug-likeness (QED) is 0.480. The molecule has 0 saturated heterocycles. The summed E-state index contributed by atoms with van der Waals surface area (Å²) in [5.74, 6) is 3.05. The molecule has 12 heavy (non-hydrogen) atoms. The molecule has 0 bridgehead atoms. The van der Waals surface area contributed by atoms with Crippen LogP contribution in [0.1, 0.15) is 5.56 Å². The maximum atomic E-state index is 5.55. The van der Waals surface area contributed by atoms with E-state index in [4.69, 9.17) is 18.0 Å². The Bertz CT molecular complexity index is 304. The summed E-state index contributed by atoms with van der Waals surface area (Å²) in [7, 11) is 0. The maximum Gasteiger partial charge on any atom is 0.0419 e. The normalized spacial score (nSPS) is 10.8. The lowest BCUT2D eigenvalue weighted by atomic mass is 10.1. The molecule has 0 aliphatic carbocycles. The fraction of sp³-hybridized carbons (Fsp3) is 0.0909. The van der Waals surface area contributed by atoms with Gasteiger partial charge >= 0.3 is 0 Å². The van der Waals surface area contributed by atoms with Crippen LogP contribution in [0.15, 0.2) is 36.4 Å². The molecule has 0 N–H and O–H groups in total. The lowest BCUT2D eigenvalue weighted by molar-refractivity contribution is 1.61. The maximum absolute atomic E-state index is 5.55.